The van der Waals surface area contributed by atoms with E-state index in [0.29, 0.717) is 5.56 Å². The highest BCUT2D eigenvalue weighted by Crippen LogP contribution is 2.13. The minimum absolute atomic E-state index is 0.275. The third-order valence-electron chi connectivity index (χ3n) is 2.90. The van der Waals surface area contributed by atoms with Gasteiger partial charge in [0.25, 0.3) is 0 Å². The average Bonchev–Trinajstić information content (AvgIpc) is 2.90. The average molecular weight is 252 g/mol. The first-order chi connectivity index (χ1) is 9.34. The van der Waals surface area contributed by atoms with Gasteiger partial charge in [0, 0.05) is 18.6 Å². The number of aromatic nitrogens is 2. The van der Waals surface area contributed by atoms with Crippen molar-refractivity contribution in [2.45, 2.75) is 6.61 Å². The van der Waals surface area contributed by atoms with Crippen LogP contribution in [0.15, 0.2) is 61.2 Å². The van der Waals surface area contributed by atoms with E-state index in [9.17, 15) is 4.79 Å². The van der Waals surface area contributed by atoms with Crippen LogP contribution in [0.1, 0.15) is 15.9 Å². The first kappa shape index (κ1) is 11.5. The molecule has 0 fully saturated rings. The quantitative estimate of drug-likeness (QED) is 0.673. The molecule has 0 radical (unpaired) electrons. The van der Waals surface area contributed by atoms with Gasteiger partial charge in [-0.2, -0.15) is 0 Å². The molecule has 0 aliphatic rings. The molecule has 2 heterocycles. The molecule has 0 atom stereocenters. The van der Waals surface area contributed by atoms with E-state index in [-0.39, 0.29) is 12.6 Å². The molecule has 3 aromatic rings. The molecular weight excluding hydrogens is 240 g/mol. The van der Waals surface area contributed by atoms with Gasteiger partial charge >= 0.3 is 5.97 Å². The van der Waals surface area contributed by atoms with Gasteiger partial charge in [0.05, 0.1) is 17.3 Å². The van der Waals surface area contributed by atoms with Gasteiger partial charge < -0.3 is 9.14 Å². The minimum Gasteiger partial charge on any atom is -0.457 e. The Bertz CT molecular complexity index is 704. The van der Waals surface area contributed by atoms with Gasteiger partial charge in [-0.05, 0) is 11.6 Å². The third kappa shape index (κ3) is 2.33. The number of hydrogen-bond donors (Lipinski definition) is 0. The normalized spacial score (nSPS) is 10.5. The molecule has 0 bridgehead atoms. The van der Waals surface area contributed by atoms with Gasteiger partial charge in [0.15, 0.2) is 0 Å². The highest BCUT2D eigenvalue weighted by Gasteiger charge is 2.12. The van der Waals surface area contributed by atoms with Crippen LogP contribution < -0.4 is 0 Å². The second-order valence-corrected chi connectivity index (χ2v) is 4.16. The van der Waals surface area contributed by atoms with Crippen molar-refractivity contribution in [3.05, 3.63) is 72.3 Å². The van der Waals surface area contributed by atoms with Crippen molar-refractivity contribution in [1.29, 1.82) is 0 Å². The van der Waals surface area contributed by atoms with Crippen LogP contribution in [0.5, 0.6) is 0 Å². The second-order valence-electron chi connectivity index (χ2n) is 4.16. The SMILES string of the molecule is O=C(OCc1ccccc1)c1ccn2ccncc12. The van der Waals surface area contributed by atoms with Crippen molar-refractivity contribution >= 4 is 11.5 Å². The Kier molecular flexibility index (Phi) is 2.98. The molecule has 0 N–H and O–H groups in total. The standard InChI is InChI=1S/C15H12N2O2/c18-15(19-11-12-4-2-1-3-5-12)13-6-8-17-9-7-16-10-14(13)17/h1-10H,11H2. The van der Waals surface area contributed by atoms with Crippen LogP contribution in [-0.4, -0.2) is 15.4 Å². The molecular formula is C15H12N2O2. The maximum atomic E-state index is 12.0. The summed E-state index contributed by atoms with van der Waals surface area (Å²) in [4.78, 5) is 16.0. The fourth-order valence-electron chi connectivity index (χ4n) is 1.92. The van der Waals surface area contributed by atoms with E-state index in [1.54, 1.807) is 24.7 Å². The Morgan fingerprint density at radius 1 is 1.16 bits per heavy atom. The number of carbonyl (C=O) groups excluding carboxylic acids is 1. The number of benzene rings is 1. The van der Waals surface area contributed by atoms with Crippen molar-refractivity contribution in [3.8, 4) is 0 Å². The van der Waals surface area contributed by atoms with Crippen molar-refractivity contribution in [2.75, 3.05) is 0 Å². The number of hydrogen-bond acceptors (Lipinski definition) is 3. The zero-order chi connectivity index (χ0) is 13.1. The maximum Gasteiger partial charge on any atom is 0.340 e. The van der Waals surface area contributed by atoms with E-state index in [2.05, 4.69) is 4.98 Å². The fourth-order valence-corrected chi connectivity index (χ4v) is 1.92. The molecule has 0 unspecified atom stereocenters. The summed E-state index contributed by atoms with van der Waals surface area (Å²) in [5.74, 6) is -0.334. The molecule has 1 aromatic carbocycles. The second kappa shape index (κ2) is 4.94. The summed E-state index contributed by atoms with van der Waals surface area (Å²) in [5.41, 5.74) is 2.25. The highest BCUT2D eigenvalue weighted by molar-refractivity contribution is 5.97. The molecule has 0 aliphatic carbocycles. The molecule has 4 heteroatoms. The molecule has 19 heavy (non-hydrogen) atoms. The van der Waals surface area contributed by atoms with Crippen LogP contribution >= 0.6 is 0 Å². The predicted molar refractivity (Wildman–Crippen MR) is 70.8 cm³/mol. The topological polar surface area (TPSA) is 43.6 Å². The van der Waals surface area contributed by atoms with Gasteiger partial charge in [-0.15, -0.1) is 0 Å². The summed E-state index contributed by atoms with van der Waals surface area (Å²) in [6.45, 7) is 0.275. The molecule has 4 nitrogen and oxygen atoms in total. The lowest BCUT2D eigenvalue weighted by Crippen LogP contribution is -2.05. The number of esters is 1. The highest BCUT2D eigenvalue weighted by atomic mass is 16.5. The first-order valence-corrected chi connectivity index (χ1v) is 5.96. The van der Waals surface area contributed by atoms with E-state index in [1.165, 1.54) is 0 Å². The van der Waals surface area contributed by atoms with Crippen molar-refractivity contribution in [1.82, 2.24) is 9.38 Å². The lowest BCUT2D eigenvalue weighted by Gasteiger charge is -2.04. The number of nitrogens with zero attached hydrogens (tertiary/aromatic N) is 2. The molecule has 0 saturated carbocycles. The number of fused-ring (bicyclic) bond motifs is 1. The fraction of sp³-hybridized carbons (Fsp3) is 0.0667. The lowest BCUT2D eigenvalue weighted by atomic mass is 10.2. The third-order valence-corrected chi connectivity index (χ3v) is 2.90. The van der Waals surface area contributed by atoms with Gasteiger partial charge in [-0.1, -0.05) is 30.3 Å². The summed E-state index contributed by atoms with van der Waals surface area (Å²) in [7, 11) is 0. The molecule has 3 rings (SSSR count). The van der Waals surface area contributed by atoms with Gasteiger partial charge in [-0.3, -0.25) is 4.98 Å². The predicted octanol–water partition coefficient (Wildman–Crippen LogP) is 2.69. The maximum absolute atomic E-state index is 12.0. The van der Waals surface area contributed by atoms with Crippen LogP contribution in [0.3, 0.4) is 0 Å². The van der Waals surface area contributed by atoms with Crippen LogP contribution in [0, 0.1) is 0 Å². The summed E-state index contributed by atoms with van der Waals surface area (Å²) in [5, 5.41) is 0. The Morgan fingerprint density at radius 2 is 2.00 bits per heavy atom. The van der Waals surface area contributed by atoms with E-state index in [0.717, 1.165) is 11.1 Å². The van der Waals surface area contributed by atoms with Crippen LogP contribution in [-0.2, 0) is 11.3 Å². The number of rotatable bonds is 3. The van der Waals surface area contributed by atoms with E-state index >= 15 is 0 Å². The van der Waals surface area contributed by atoms with E-state index in [1.807, 2.05) is 40.9 Å². The Hall–Kier alpha value is -2.62. The number of ether oxygens (including phenoxy) is 1. The summed E-state index contributed by atoms with van der Waals surface area (Å²) < 4.78 is 7.14. The van der Waals surface area contributed by atoms with Gasteiger partial charge in [0.2, 0.25) is 0 Å². The van der Waals surface area contributed by atoms with Gasteiger partial charge in [-0.25, -0.2) is 4.79 Å². The van der Waals surface area contributed by atoms with Crippen LogP contribution in [0.2, 0.25) is 0 Å². The molecule has 0 spiro atoms. The zero-order valence-corrected chi connectivity index (χ0v) is 10.2. The summed E-state index contributed by atoms with van der Waals surface area (Å²) in [6, 6.07) is 11.4. The van der Waals surface area contributed by atoms with E-state index < -0.39 is 0 Å². The number of carbonyl (C=O) groups is 1. The Balaban J connectivity index is 1.77. The van der Waals surface area contributed by atoms with Crippen molar-refractivity contribution in [2.24, 2.45) is 0 Å². The monoisotopic (exact) mass is 252 g/mol. The van der Waals surface area contributed by atoms with Crippen molar-refractivity contribution < 1.29 is 9.53 Å². The summed E-state index contributed by atoms with van der Waals surface area (Å²) in [6.07, 6.45) is 6.94. The zero-order valence-electron chi connectivity index (χ0n) is 10.2. The summed E-state index contributed by atoms with van der Waals surface area (Å²) >= 11 is 0. The van der Waals surface area contributed by atoms with Crippen molar-refractivity contribution in [3.63, 3.8) is 0 Å². The largest absolute Gasteiger partial charge is 0.457 e. The smallest absolute Gasteiger partial charge is 0.340 e. The molecule has 0 saturated heterocycles. The first-order valence-electron chi connectivity index (χ1n) is 5.96. The molecule has 0 amide bonds. The molecule has 94 valence electrons. The van der Waals surface area contributed by atoms with Crippen LogP contribution in [0.4, 0.5) is 0 Å². The molecule has 0 aliphatic heterocycles. The molecule has 2 aromatic heterocycles. The van der Waals surface area contributed by atoms with Gasteiger partial charge in [0.1, 0.15) is 6.61 Å². The minimum atomic E-state index is -0.334. The van der Waals surface area contributed by atoms with E-state index in [4.69, 9.17) is 4.74 Å². The Labute approximate surface area is 110 Å². The lowest BCUT2D eigenvalue weighted by molar-refractivity contribution is 0.0475. The Morgan fingerprint density at radius 3 is 2.84 bits per heavy atom. The van der Waals surface area contributed by atoms with Crippen LogP contribution in [0.25, 0.3) is 5.52 Å².